The fourth-order valence-corrected chi connectivity index (χ4v) is 7.09. The van der Waals surface area contributed by atoms with Crippen molar-refractivity contribution >= 4 is 35.0 Å². The fraction of sp³-hybridized carbons (Fsp3) is 0.500. The van der Waals surface area contributed by atoms with Gasteiger partial charge in [0.2, 0.25) is 17.7 Å². The molecule has 3 saturated heterocycles. The van der Waals surface area contributed by atoms with Crippen LogP contribution in [0, 0.1) is 17.8 Å². The average Bonchev–Trinajstić information content (AvgIpc) is 3.43. The Balaban J connectivity index is 1.47. The van der Waals surface area contributed by atoms with E-state index in [2.05, 4.69) is 10.6 Å². The van der Waals surface area contributed by atoms with Crippen LogP contribution in [0.15, 0.2) is 54.6 Å². The van der Waals surface area contributed by atoms with E-state index in [1.54, 1.807) is 29.2 Å². The molecule has 0 aliphatic carbocycles. The molecule has 2 bridgehead atoms. The molecule has 3 unspecified atom stereocenters. The topological polar surface area (TPSA) is 108 Å². The number of carbonyl (C=O) groups is 3. The van der Waals surface area contributed by atoms with Gasteiger partial charge < -0.3 is 25.4 Å². The number of fused-ring (bicyclic) bond motifs is 1. The zero-order valence-electron chi connectivity index (χ0n) is 22.4. The Hall–Kier alpha value is -2.94. The SMILES string of the molecule is CC1CC23O[C@@]1(C)[C@H](C(=O)NCc1ccccc1)[C@H]2C(=O)N(CCCCCO)C3C(=O)Nc1ccccc1Cl. The number of para-hydroxylation sites is 1. The van der Waals surface area contributed by atoms with Crippen LogP contribution in [0.5, 0.6) is 0 Å². The summed E-state index contributed by atoms with van der Waals surface area (Å²) in [5, 5.41) is 15.6. The second-order valence-corrected chi connectivity index (χ2v) is 11.6. The quantitative estimate of drug-likeness (QED) is 0.388. The van der Waals surface area contributed by atoms with Crippen LogP contribution in [0.25, 0.3) is 0 Å². The summed E-state index contributed by atoms with van der Waals surface area (Å²) in [7, 11) is 0. The number of ether oxygens (including phenoxy) is 1. The smallest absolute Gasteiger partial charge is 0.250 e. The van der Waals surface area contributed by atoms with Crippen molar-refractivity contribution in [1.82, 2.24) is 10.2 Å². The summed E-state index contributed by atoms with van der Waals surface area (Å²) in [6.07, 6.45) is 2.45. The van der Waals surface area contributed by atoms with E-state index in [0.717, 1.165) is 5.56 Å². The number of benzene rings is 2. The van der Waals surface area contributed by atoms with E-state index in [9.17, 15) is 19.5 Å². The number of nitrogens with one attached hydrogen (secondary N) is 2. The summed E-state index contributed by atoms with van der Waals surface area (Å²) in [4.78, 5) is 43.4. The summed E-state index contributed by atoms with van der Waals surface area (Å²) in [5.74, 6) is -2.37. The van der Waals surface area contributed by atoms with E-state index in [4.69, 9.17) is 16.3 Å². The Kier molecular flexibility index (Phi) is 7.73. The van der Waals surface area contributed by atoms with Crippen molar-refractivity contribution in [2.75, 3.05) is 18.5 Å². The second-order valence-electron chi connectivity index (χ2n) is 11.2. The van der Waals surface area contributed by atoms with Gasteiger partial charge in [-0.3, -0.25) is 14.4 Å². The first-order valence-corrected chi connectivity index (χ1v) is 14.1. The van der Waals surface area contributed by atoms with Gasteiger partial charge in [-0.15, -0.1) is 0 Å². The fourth-order valence-electron chi connectivity index (χ4n) is 6.91. The van der Waals surface area contributed by atoms with E-state index in [1.165, 1.54) is 0 Å². The number of hydrogen-bond donors (Lipinski definition) is 3. The summed E-state index contributed by atoms with van der Waals surface area (Å²) in [6, 6.07) is 15.7. The number of amides is 3. The number of likely N-dealkylation sites (tertiary alicyclic amines) is 1. The molecule has 0 radical (unpaired) electrons. The molecule has 208 valence electrons. The highest BCUT2D eigenvalue weighted by Crippen LogP contribution is 2.65. The van der Waals surface area contributed by atoms with Gasteiger partial charge in [-0.1, -0.05) is 61.0 Å². The number of hydrogen-bond acceptors (Lipinski definition) is 5. The summed E-state index contributed by atoms with van der Waals surface area (Å²) in [6.45, 7) is 4.68. The van der Waals surface area contributed by atoms with Crippen LogP contribution < -0.4 is 10.6 Å². The molecule has 3 aliphatic heterocycles. The van der Waals surface area contributed by atoms with Gasteiger partial charge in [-0.25, -0.2) is 0 Å². The molecule has 3 heterocycles. The van der Waals surface area contributed by atoms with Crippen molar-refractivity contribution in [2.45, 2.75) is 63.3 Å². The second kappa shape index (κ2) is 10.9. The van der Waals surface area contributed by atoms with Crippen molar-refractivity contribution in [3.8, 4) is 0 Å². The standard InChI is InChI=1S/C30H36ClN3O5/c1-19-17-30-24(23(29(19,2)39-30)26(36)32-18-20-11-5-3-6-12-20)28(38)34(15-9-4-10-16-35)25(30)27(37)33-22-14-8-7-13-21(22)31/h3,5-8,11-14,19,23-25,35H,4,9-10,15-18H2,1-2H3,(H,32,36)(H,33,37)/t19?,23-,24-,25?,29+,30?/m0/s1. The Morgan fingerprint density at radius 1 is 1.08 bits per heavy atom. The minimum absolute atomic E-state index is 0.0426. The van der Waals surface area contributed by atoms with Crippen LogP contribution in [0.4, 0.5) is 5.69 Å². The molecule has 3 fully saturated rings. The molecular formula is C30H36ClN3O5. The number of halogens is 1. The molecule has 6 atom stereocenters. The van der Waals surface area contributed by atoms with Crippen molar-refractivity contribution in [3.63, 3.8) is 0 Å². The zero-order valence-corrected chi connectivity index (χ0v) is 23.1. The maximum atomic E-state index is 14.1. The third-order valence-electron chi connectivity index (χ3n) is 8.84. The van der Waals surface area contributed by atoms with Gasteiger partial charge in [-0.2, -0.15) is 0 Å². The minimum atomic E-state index is -1.12. The Morgan fingerprint density at radius 3 is 2.51 bits per heavy atom. The zero-order chi connectivity index (χ0) is 27.8. The lowest BCUT2D eigenvalue weighted by molar-refractivity contribution is -0.146. The van der Waals surface area contributed by atoms with Crippen molar-refractivity contribution < 1.29 is 24.2 Å². The van der Waals surface area contributed by atoms with Crippen LogP contribution in [0.1, 0.15) is 45.1 Å². The first-order valence-electron chi connectivity index (χ1n) is 13.7. The van der Waals surface area contributed by atoms with Gasteiger partial charge in [0.15, 0.2) is 0 Å². The molecule has 3 N–H and O–H groups in total. The Labute approximate surface area is 234 Å². The van der Waals surface area contributed by atoms with E-state index in [1.807, 2.05) is 44.2 Å². The van der Waals surface area contributed by atoms with Crippen LogP contribution in [-0.4, -0.2) is 58.1 Å². The van der Waals surface area contributed by atoms with E-state index in [0.29, 0.717) is 49.5 Å². The predicted octanol–water partition coefficient (Wildman–Crippen LogP) is 3.77. The average molecular weight is 554 g/mol. The van der Waals surface area contributed by atoms with Crippen molar-refractivity contribution in [1.29, 1.82) is 0 Å². The molecule has 0 saturated carbocycles. The maximum Gasteiger partial charge on any atom is 0.250 e. The highest BCUT2D eigenvalue weighted by atomic mass is 35.5. The molecule has 5 rings (SSSR count). The molecule has 3 amide bonds. The van der Waals surface area contributed by atoms with Gasteiger partial charge in [0, 0.05) is 19.7 Å². The molecule has 0 aromatic heterocycles. The maximum absolute atomic E-state index is 14.1. The molecular weight excluding hydrogens is 518 g/mol. The lowest BCUT2D eigenvalue weighted by Gasteiger charge is -2.36. The van der Waals surface area contributed by atoms with Gasteiger partial charge in [0.25, 0.3) is 0 Å². The number of carbonyl (C=O) groups excluding carboxylic acids is 3. The van der Waals surface area contributed by atoms with Crippen LogP contribution in [-0.2, 0) is 25.7 Å². The van der Waals surface area contributed by atoms with Crippen molar-refractivity contribution in [3.05, 3.63) is 65.2 Å². The number of nitrogens with zero attached hydrogens (tertiary/aromatic N) is 1. The number of unbranched alkanes of at least 4 members (excludes halogenated alkanes) is 2. The molecule has 1 spiro atoms. The highest BCUT2D eigenvalue weighted by molar-refractivity contribution is 6.33. The first kappa shape index (κ1) is 27.6. The van der Waals surface area contributed by atoms with E-state index < -0.39 is 29.1 Å². The molecule has 2 aromatic carbocycles. The molecule has 8 nitrogen and oxygen atoms in total. The van der Waals surface area contributed by atoms with Gasteiger partial charge in [-0.05, 0) is 56.2 Å². The van der Waals surface area contributed by atoms with E-state index >= 15 is 0 Å². The van der Waals surface area contributed by atoms with Crippen LogP contribution in [0.2, 0.25) is 5.02 Å². The Bertz CT molecular complexity index is 1240. The third-order valence-corrected chi connectivity index (χ3v) is 9.17. The van der Waals surface area contributed by atoms with Crippen LogP contribution in [0.3, 0.4) is 0 Å². The summed E-state index contributed by atoms with van der Waals surface area (Å²) >= 11 is 6.34. The first-order chi connectivity index (χ1) is 18.7. The number of rotatable bonds is 10. The molecule has 3 aliphatic rings. The molecule has 39 heavy (non-hydrogen) atoms. The monoisotopic (exact) mass is 553 g/mol. The largest absolute Gasteiger partial charge is 0.396 e. The minimum Gasteiger partial charge on any atom is -0.396 e. The number of aliphatic hydroxyl groups excluding tert-OH is 1. The third kappa shape index (κ3) is 4.72. The summed E-state index contributed by atoms with van der Waals surface area (Å²) in [5.41, 5.74) is -0.585. The number of aliphatic hydroxyl groups is 1. The lowest BCUT2D eigenvalue weighted by atomic mass is 9.62. The van der Waals surface area contributed by atoms with E-state index in [-0.39, 0.29) is 30.2 Å². The normalized spacial score (nSPS) is 30.9. The highest BCUT2D eigenvalue weighted by Gasteiger charge is 2.79. The number of anilines is 1. The predicted molar refractivity (Wildman–Crippen MR) is 148 cm³/mol. The van der Waals surface area contributed by atoms with Gasteiger partial charge in [0.05, 0.1) is 28.1 Å². The molecule has 2 aromatic rings. The Morgan fingerprint density at radius 2 is 1.79 bits per heavy atom. The van der Waals surface area contributed by atoms with Gasteiger partial charge >= 0.3 is 0 Å². The van der Waals surface area contributed by atoms with Gasteiger partial charge in [0.1, 0.15) is 11.6 Å². The van der Waals surface area contributed by atoms with Crippen molar-refractivity contribution in [2.24, 2.45) is 17.8 Å². The molecule has 9 heteroatoms. The summed E-state index contributed by atoms with van der Waals surface area (Å²) < 4.78 is 6.74. The lowest BCUT2D eigenvalue weighted by Crippen LogP contribution is -2.54. The van der Waals surface area contributed by atoms with Crippen LogP contribution >= 0.6 is 11.6 Å².